The second kappa shape index (κ2) is 7.15. The molecule has 2 aromatic rings. The van der Waals surface area contributed by atoms with Gasteiger partial charge in [0.2, 0.25) is 0 Å². The lowest BCUT2D eigenvalue weighted by molar-refractivity contribution is -0.122. The third-order valence-corrected chi connectivity index (χ3v) is 4.39. The van der Waals surface area contributed by atoms with Crippen LogP contribution in [0.5, 0.6) is 0 Å². The number of fused-ring (bicyclic) bond motifs is 1. The number of rotatable bonds is 4. The van der Waals surface area contributed by atoms with Gasteiger partial charge in [0.05, 0.1) is 0 Å². The molecule has 2 aromatic carbocycles. The number of carbonyl (C=O) groups is 2. The number of hydrogen-bond acceptors (Lipinski definition) is 3. The standard InChI is InChI=1S/C18H17BrN2O3/c1-24-11-17(22)21-8-7-12-5-6-15(10-16(12)21)20-18(23)13-3-2-4-14(19)9-13/h2-6,9-10H,7-8,11H2,1H3,(H,20,23). The lowest BCUT2D eigenvalue weighted by atomic mass is 10.1. The molecule has 0 saturated heterocycles. The van der Waals surface area contributed by atoms with Gasteiger partial charge in [-0.15, -0.1) is 0 Å². The third-order valence-electron chi connectivity index (χ3n) is 3.89. The Labute approximate surface area is 148 Å². The number of nitrogens with zero attached hydrogens (tertiary/aromatic N) is 1. The molecule has 1 heterocycles. The van der Waals surface area contributed by atoms with Crippen LogP contribution in [0.3, 0.4) is 0 Å². The van der Waals surface area contributed by atoms with Crippen LogP contribution < -0.4 is 10.2 Å². The first kappa shape index (κ1) is 16.7. The number of anilines is 2. The number of hydrogen-bond donors (Lipinski definition) is 1. The Kier molecular flexibility index (Phi) is 4.97. The summed E-state index contributed by atoms with van der Waals surface area (Å²) in [5, 5.41) is 2.88. The number of amides is 2. The first-order valence-corrected chi connectivity index (χ1v) is 8.37. The van der Waals surface area contributed by atoms with E-state index in [9.17, 15) is 9.59 Å². The first-order valence-electron chi connectivity index (χ1n) is 7.57. The van der Waals surface area contributed by atoms with Gasteiger partial charge in [-0.3, -0.25) is 9.59 Å². The summed E-state index contributed by atoms with van der Waals surface area (Å²) in [6, 6.07) is 12.8. The Hall–Kier alpha value is -2.18. The van der Waals surface area contributed by atoms with Crippen LogP contribution in [0.2, 0.25) is 0 Å². The normalized spacial score (nSPS) is 12.8. The lowest BCUT2D eigenvalue weighted by Crippen LogP contribution is -2.32. The summed E-state index contributed by atoms with van der Waals surface area (Å²) in [4.78, 5) is 26.2. The van der Waals surface area contributed by atoms with Gasteiger partial charge in [0.15, 0.2) is 0 Å². The summed E-state index contributed by atoms with van der Waals surface area (Å²) in [5.74, 6) is -0.268. The van der Waals surface area contributed by atoms with Crippen LogP contribution in [0.25, 0.3) is 0 Å². The number of halogens is 1. The predicted octanol–water partition coefficient (Wildman–Crippen LogP) is 3.24. The molecule has 0 unspecified atom stereocenters. The fourth-order valence-electron chi connectivity index (χ4n) is 2.75. The van der Waals surface area contributed by atoms with E-state index in [1.54, 1.807) is 17.0 Å². The van der Waals surface area contributed by atoms with Crippen LogP contribution in [-0.4, -0.2) is 32.1 Å². The molecule has 0 atom stereocenters. The average Bonchev–Trinajstić information content (AvgIpc) is 2.98. The fraction of sp³-hybridized carbons (Fsp3) is 0.222. The largest absolute Gasteiger partial charge is 0.375 e. The lowest BCUT2D eigenvalue weighted by Gasteiger charge is -2.17. The zero-order chi connectivity index (χ0) is 17.1. The summed E-state index contributed by atoms with van der Waals surface area (Å²) >= 11 is 3.36. The topological polar surface area (TPSA) is 58.6 Å². The molecule has 1 N–H and O–H groups in total. The summed E-state index contributed by atoms with van der Waals surface area (Å²) in [6.07, 6.45) is 0.810. The van der Waals surface area contributed by atoms with Gasteiger partial charge in [-0.25, -0.2) is 0 Å². The minimum atomic E-state index is -0.191. The van der Waals surface area contributed by atoms with Crippen molar-refractivity contribution in [2.75, 3.05) is 30.5 Å². The van der Waals surface area contributed by atoms with Crippen LogP contribution in [0.1, 0.15) is 15.9 Å². The zero-order valence-electron chi connectivity index (χ0n) is 13.2. The van der Waals surface area contributed by atoms with Gasteiger partial charge in [0.25, 0.3) is 11.8 Å². The van der Waals surface area contributed by atoms with Gasteiger partial charge >= 0.3 is 0 Å². The van der Waals surface area contributed by atoms with E-state index in [1.165, 1.54) is 7.11 Å². The maximum atomic E-state index is 12.4. The molecule has 1 aliphatic heterocycles. The second-order valence-corrected chi connectivity index (χ2v) is 6.45. The Morgan fingerprint density at radius 2 is 2.08 bits per heavy atom. The van der Waals surface area contributed by atoms with Gasteiger partial charge < -0.3 is 15.0 Å². The molecule has 0 fully saturated rings. The highest BCUT2D eigenvalue weighted by atomic mass is 79.9. The van der Waals surface area contributed by atoms with Crippen LogP contribution in [0.15, 0.2) is 46.9 Å². The molecule has 0 bridgehead atoms. The Balaban J connectivity index is 1.80. The molecule has 24 heavy (non-hydrogen) atoms. The van der Waals surface area contributed by atoms with E-state index in [0.717, 1.165) is 22.1 Å². The SMILES string of the molecule is COCC(=O)N1CCc2ccc(NC(=O)c3cccc(Br)c3)cc21. The van der Waals surface area contributed by atoms with Crippen LogP contribution in [0.4, 0.5) is 11.4 Å². The molecule has 0 spiro atoms. The monoisotopic (exact) mass is 388 g/mol. The second-order valence-electron chi connectivity index (χ2n) is 5.54. The minimum Gasteiger partial charge on any atom is -0.375 e. The number of nitrogens with one attached hydrogen (secondary N) is 1. The van der Waals surface area contributed by atoms with Crippen LogP contribution in [0, 0.1) is 0 Å². The van der Waals surface area contributed by atoms with E-state index < -0.39 is 0 Å². The third kappa shape index (κ3) is 3.49. The van der Waals surface area contributed by atoms with Crippen molar-refractivity contribution in [3.8, 4) is 0 Å². The highest BCUT2D eigenvalue weighted by Gasteiger charge is 2.24. The van der Waals surface area contributed by atoms with Crippen LogP contribution in [-0.2, 0) is 16.0 Å². The van der Waals surface area contributed by atoms with E-state index in [0.29, 0.717) is 17.8 Å². The molecule has 3 rings (SSSR count). The minimum absolute atomic E-state index is 0.0497. The highest BCUT2D eigenvalue weighted by Crippen LogP contribution is 2.31. The van der Waals surface area contributed by atoms with Crippen molar-refractivity contribution in [3.63, 3.8) is 0 Å². The summed E-state index contributed by atoms with van der Waals surface area (Å²) in [5.41, 5.74) is 3.16. The van der Waals surface area contributed by atoms with Gasteiger partial charge in [-0.2, -0.15) is 0 Å². The molecule has 6 heteroatoms. The van der Waals surface area contributed by atoms with Gasteiger partial charge in [-0.1, -0.05) is 28.1 Å². The van der Waals surface area contributed by atoms with E-state index in [1.807, 2.05) is 30.3 Å². The molecule has 0 aromatic heterocycles. The smallest absolute Gasteiger partial charge is 0.255 e. The zero-order valence-corrected chi connectivity index (χ0v) is 14.8. The Morgan fingerprint density at radius 1 is 1.25 bits per heavy atom. The number of methoxy groups -OCH3 is 1. The molecule has 2 amide bonds. The number of benzene rings is 2. The molecule has 5 nitrogen and oxygen atoms in total. The van der Waals surface area contributed by atoms with Gasteiger partial charge in [-0.05, 0) is 42.3 Å². The molecular formula is C18H17BrN2O3. The van der Waals surface area contributed by atoms with Crippen molar-refractivity contribution in [2.45, 2.75) is 6.42 Å². The molecule has 0 aliphatic carbocycles. The average molecular weight is 389 g/mol. The van der Waals surface area contributed by atoms with Crippen molar-refractivity contribution < 1.29 is 14.3 Å². The Bertz CT molecular complexity index is 792. The summed E-state index contributed by atoms with van der Waals surface area (Å²) in [6.45, 7) is 0.689. The van der Waals surface area contributed by atoms with Crippen molar-refractivity contribution in [3.05, 3.63) is 58.1 Å². The van der Waals surface area contributed by atoms with E-state index >= 15 is 0 Å². The maximum Gasteiger partial charge on any atom is 0.255 e. The first-order chi connectivity index (χ1) is 11.6. The number of carbonyl (C=O) groups excluding carboxylic acids is 2. The Morgan fingerprint density at radius 3 is 2.83 bits per heavy atom. The quantitative estimate of drug-likeness (QED) is 0.874. The predicted molar refractivity (Wildman–Crippen MR) is 96.5 cm³/mol. The van der Waals surface area contributed by atoms with Crippen molar-refractivity contribution in [1.82, 2.24) is 0 Å². The van der Waals surface area contributed by atoms with Gasteiger partial charge in [0.1, 0.15) is 6.61 Å². The molecule has 0 radical (unpaired) electrons. The number of ether oxygens (including phenoxy) is 1. The van der Waals surface area contributed by atoms with Crippen LogP contribution >= 0.6 is 15.9 Å². The molecule has 0 saturated carbocycles. The highest BCUT2D eigenvalue weighted by molar-refractivity contribution is 9.10. The maximum absolute atomic E-state index is 12.4. The van der Waals surface area contributed by atoms with E-state index in [4.69, 9.17) is 4.74 Å². The summed E-state index contributed by atoms with van der Waals surface area (Å²) in [7, 11) is 1.50. The molecule has 1 aliphatic rings. The fourth-order valence-corrected chi connectivity index (χ4v) is 3.15. The van der Waals surface area contributed by atoms with Crippen molar-refractivity contribution >= 4 is 39.1 Å². The van der Waals surface area contributed by atoms with Gasteiger partial charge in [0, 0.05) is 35.1 Å². The summed E-state index contributed by atoms with van der Waals surface area (Å²) < 4.78 is 5.78. The van der Waals surface area contributed by atoms with Crippen molar-refractivity contribution in [1.29, 1.82) is 0 Å². The molecule has 124 valence electrons. The van der Waals surface area contributed by atoms with E-state index in [-0.39, 0.29) is 18.4 Å². The molecular weight excluding hydrogens is 372 g/mol. The van der Waals surface area contributed by atoms with Crippen molar-refractivity contribution in [2.24, 2.45) is 0 Å². The van der Waals surface area contributed by atoms with E-state index in [2.05, 4.69) is 21.2 Å².